The van der Waals surface area contributed by atoms with Crippen molar-refractivity contribution < 1.29 is 4.79 Å². The summed E-state index contributed by atoms with van der Waals surface area (Å²) < 4.78 is 0. The Hall–Kier alpha value is -1.94. The van der Waals surface area contributed by atoms with E-state index in [1.807, 2.05) is 42.3 Å². The molecule has 0 spiro atoms. The fourth-order valence-electron chi connectivity index (χ4n) is 3.12. The third kappa shape index (κ3) is 2.76. The van der Waals surface area contributed by atoms with Crippen molar-refractivity contribution in [1.82, 2.24) is 9.88 Å². The Morgan fingerprint density at radius 1 is 1.19 bits per heavy atom. The number of rotatable bonds is 2. The number of fused-ring (bicyclic) bond motifs is 1. The van der Waals surface area contributed by atoms with Crippen LogP contribution in [-0.2, 0) is 0 Å². The number of amides is 1. The Morgan fingerprint density at radius 3 is 2.67 bits per heavy atom. The Labute approximate surface area is 125 Å². The molecule has 1 aliphatic rings. The minimum Gasteiger partial charge on any atom is -0.339 e. The summed E-state index contributed by atoms with van der Waals surface area (Å²) in [4.78, 5) is 19.0. The molecule has 1 aromatic carbocycles. The van der Waals surface area contributed by atoms with Crippen molar-refractivity contribution in [3.05, 3.63) is 42.1 Å². The first-order chi connectivity index (χ1) is 10.2. The highest BCUT2D eigenvalue weighted by molar-refractivity contribution is 6.05. The lowest BCUT2D eigenvalue weighted by Crippen LogP contribution is -2.41. The summed E-state index contributed by atoms with van der Waals surface area (Å²) in [5.41, 5.74) is 7.41. The van der Waals surface area contributed by atoms with Crippen LogP contribution in [0.4, 0.5) is 0 Å². The molecule has 110 valence electrons. The average Bonchev–Trinajstić information content (AvgIpc) is 2.53. The number of pyridine rings is 1. The van der Waals surface area contributed by atoms with Crippen molar-refractivity contribution in [3.63, 3.8) is 0 Å². The van der Waals surface area contributed by atoms with E-state index in [-0.39, 0.29) is 11.9 Å². The first-order valence-electron chi connectivity index (χ1n) is 7.53. The fourth-order valence-corrected chi connectivity index (χ4v) is 3.12. The SMILES string of the molecule is CN(C(=O)c1cccc2cccnc12)C1CCC(N)CC1. The molecular weight excluding hydrogens is 262 g/mol. The molecule has 1 aromatic heterocycles. The van der Waals surface area contributed by atoms with Crippen LogP contribution >= 0.6 is 0 Å². The molecule has 1 aliphatic carbocycles. The van der Waals surface area contributed by atoms with Gasteiger partial charge in [-0.1, -0.05) is 18.2 Å². The molecule has 2 N–H and O–H groups in total. The molecule has 1 heterocycles. The van der Waals surface area contributed by atoms with Crippen molar-refractivity contribution in [2.75, 3.05) is 7.05 Å². The second kappa shape index (κ2) is 5.82. The fraction of sp³-hybridized carbons (Fsp3) is 0.412. The van der Waals surface area contributed by atoms with E-state index >= 15 is 0 Å². The van der Waals surface area contributed by atoms with E-state index in [4.69, 9.17) is 5.73 Å². The van der Waals surface area contributed by atoms with Gasteiger partial charge in [-0.15, -0.1) is 0 Å². The van der Waals surface area contributed by atoms with E-state index in [1.54, 1.807) is 6.20 Å². The molecule has 1 fully saturated rings. The Balaban J connectivity index is 1.86. The van der Waals surface area contributed by atoms with Crippen LogP contribution in [0.5, 0.6) is 0 Å². The van der Waals surface area contributed by atoms with Gasteiger partial charge in [0.2, 0.25) is 0 Å². The van der Waals surface area contributed by atoms with Gasteiger partial charge in [-0.25, -0.2) is 0 Å². The summed E-state index contributed by atoms with van der Waals surface area (Å²) in [6.45, 7) is 0. The second-order valence-electron chi connectivity index (χ2n) is 5.87. The number of carbonyl (C=O) groups is 1. The van der Waals surface area contributed by atoms with Gasteiger partial charge in [0.15, 0.2) is 0 Å². The van der Waals surface area contributed by atoms with E-state index < -0.39 is 0 Å². The predicted octanol–water partition coefficient (Wildman–Crippen LogP) is 2.58. The molecular formula is C17H21N3O. The highest BCUT2D eigenvalue weighted by atomic mass is 16.2. The van der Waals surface area contributed by atoms with Gasteiger partial charge in [0.05, 0.1) is 11.1 Å². The van der Waals surface area contributed by atoms with Gasteiger partial charge in [0, 0.05) is 30.7 Å². The standard InChI is InChI=1S/C17H21N3O/c1-20(14-9-7-13(18)8-10-14)17(21)15-6-2-4-12-5-3-11-19-16(12)15/h2-6,11,13-14H,7-10,18H2,1H3. The average molecular weight is 283 g/mol. The number of nitrogens with zero attached hydrogens (tertiary/aromatic N) is 2. The minimum absolute atomic E-state index is 0.0553. The van der Waals surface area contributed by atoms with Gasteiger partial charge in [0.1, 0.15) is 0 Å². The highest BCUT2D eigenvalue weighted by Gasteiger charge is 2.26. The zero-order chi connectivity index (χ0) is 14.8. The van der Waals surface area contributed by atoms with Gasteiger partial charge < -0.3 is 10.6 Å². The summed E-state index contributed by atoms with van der Waals surface area (Å²) in [6.07, 6.45) is 5.70. The molecule has 0 radical (unpaired) electrons. The van der Waals surface area contributed by atoms with Crippen LogP contribution in [0.3, 0.4) is 0 Å². The Kier molecular flexibility index (Phi) is 3.88. The molecule has 2 aromatic rings. The van der Waals surface area contributed by atoms with Crippen molar-refractivity contribution >= 4 is 16.8 Å². The van der Waals surface area contributed by atoms with E-state index in [9.17, 15) is 4.79 Å². The molecule has 0 bridgehead atoms. The number of hydrogen-bond acceptors (Lipinski definition) is 3. The summed E-state index contributed by atoms with van der Waals surface area (Å²) >= 11 is 0. The smallest absolute Gasteiger partial charge is 0.256 e. The quantitative estimate of drug-likeness (QED) is 0.921. The molecule has 3 rings (SSSR count). The molecule has 0 atom stereocenters. The Bertz CT molecular complexity index is 642. The molecule has 1 amide bonds. The van der Waals surface area contributed by atoms with E-state index in [0.717, 1.165) is 36.6 Å². The molecule has 4 nitrogen and oxygen atoms in total. The first kappa shape index (κ1) is 14.0. The number of hydrogen-bond donors (Lipinski definition) is 1. The molecule has 0 saturated heterocycles. The van der Waals surface area contributed by atoms with E-state index in [0.29, 0.717) is 11.6 Å². The zero-order valence-electron chi connectivity index (χ0n) is 12.3. The number of nitrogens with two attached hydrogens (primary N) is 1. The second-order valence-corrected chi connectivity index (χ2v) is 5.87. The molecule has 0 aliphatic heterocycles. The summed E-state index contributed by atoms with van der Waals surface area (Å²) in [7, 11) is 1.89. The first-order valence-corrected chi connectivity index (χ1v) is 7.53. The van der Waals surface area contributed by atoms with Gasteiger partial charge in [-0.2, -0.15) is 0 Å². The summed E-state index contributed by atoms with van der Waals surface area (Å²) in [5.74, 6) is 0.0553. The van der Waals surface area contributed by atoms with E-state index in [1.165, 1.54) is 0 Å². The van der Waals surface area contributed by atoms with Crippen LogP contribution in [0.25, 0.3) is 10.9 Å². The third-order valence-electron chi connectivity index (χ3n) is 4.47. The zero-order valence-corrected chi connectivity index (χ0v) is 12.3. The largest absolute Gasteiger partial charge is 0.339 e. The normalized spacial score (nSPS) is 22.2. The maximum Gasteiger partial charge on any atom is 0.256 e. The number of benzene rings is 1. The molecule has 4 heteroatoms. The van der Waals surface area contributed by atoms with Crippen molar-refractivity contribution in [3.8, 4) is 0 Å². The lowest BCUT2D eigenvalue weighted by atomic mass is 9.90. The minimum atomic E-state index is 0.0553. The maximum atomic E-state index is 12.8. The number of aromatic nitrogens is 1. The van der Waals surface area contributed by atoms with Crippen LogP contribution in [-0.4, -0.2) is 34.9 Å². The van der Waals surface area contributed by atoms with Crippen LogP contribution < -0.4 is 5.73 Å². The van der Waals surface area contributed by atoms with Gasteiger partial charge >= 0.3 is 0 Å². The summed E-state index contributed by atoms with van der Waals surface area (Å²) in [6, 6.07) is 10.2. The number of carbonyl (C=O) groups excluding carboxylic acids is 1. The van der Waals surface area contributed by atoms with Crippen molar-refractivity contribution in [2.24, 2.45) is 5.73 Å². The lowest BCUT2D eigenvalue weighted by Gasteiger charge is -2.33. The summed E-state index contributed by atoms with van der Waals surface area (Å²) in [5, 5.41) is 1.00. The molecule has 0 unspecified atom stereocenters. The van der Waals surface area contributed by atoms with Gasteiger partial charge in [0.25, 0.3) is 5.91 Å². The predicted molar refractivity (Wildman–Crippen MR) is 84.1 cm³/mol. The van der Waals surface area contributed by atoms with Gasteiger partial charge in [-0.3, -0.25) is 9.78 Å². The third-order valence-corrected chi connectivity index (χ3v) is 4.47. The lowest BCUT2D eigenvalue weighted by molar-refractivity contribution is 0.0692. The van der Waals surface area contributed by atoms with Crippen LogP contribution in [0.15, 0.2) is 36.5 Å². The van der Waals surface area contributed by atoms with Crippen LogP contribution in [0.2, 0.25) is 0 Å². The van der Waals surface area contributed by atoms with Crippen molar-refractivity contribution in [2.45, 2.75) is 37.8 Å². The van der Waals surface area contributed by atoms with E-state index in [2.05, 4.69) is 4.98 Å². The highest BCUT2D eigenvalue weighted by Crippen LogP contribution is 2.24. The molecule has 1 saturated carbocycles. The monoisotopic (exact) mass is 283 g/mol. The maximum absolute atomic E-state index is 12.8. The van der Waals surface area contributed by atoms with Gasteiger partial charge in [-0.05, 0) is 37.8 Å². The van der Waals surface area contributed by atoms with Crippen LogP contribution in [0.1, 0.15) is 36.0 Å². The van der Waals surface area contributed by atoms with Crippen LogP contribution in [0, 0.1) is 0 Å². The topological polar surface area (TPSA) is 59.2 Å². The number of para-hydroxylation sites is 1. The molecule has 21 heavy (non-hydrogen) atoms. The van der Waals surface area contributed by atoms with Crippen molar-refractivity contribution in [1.29, 1.82) is 0 Å². The Morgan fingerprint density at radius 2 is 1.90 bits per heavy atom.